The van der Waals surface area contributed by atoms with Gasteiger partial charge in [-0.25, -0.2) is 0 Å². The van der Waals surface area contributed by atoms with Crippen LogP contribution in [0.3, 0.4) is 0 Å². The molecule has 0 amide bonds. The molecule has 0 fully saturated rings. The summed E-state index contributed by atoms with van der Waals surface area (Å²) in [5, 5.41) is 0. The number of rotatable bonds is 6. The zero-order chi connectivity index (χ0) is 12.7. The lowest BCUT2D eigenvalue weighted by molar-refractivity contribution is -0.144. The molecule has 1 rings (SSSR count). The number of carbonyl (C=O) groups excluding carboxylic acids is 1. The maximum atomic E-state index is 11.4. The minimum absolute atomic E-state index is 0.0946. The van der Waals surface area contributed by atoms with Gasteiger partial charge in [-0.15, -0.1) is 0 Å². The van der Waals surface area contributed by atoms with Gasteiger partial charge in [0.1, 0.15) is 0 Å². The third kappa shape index (κ3) is 5.50. The summed E-state index contributed by atoms with van der Waals surface area (Å²) >= 11 is 0. The van der Waals surface area contributed by atoms with Crippen molar-refractivity contribution in [1.82, 2.24) is 0 Å². The molecule has 3 heteroatoms. The van der Waals surface area contributed by atoms with Crippen molar-refractivity contribution in [3.05, 3.63) is 35.9 Å². The van der Waals surface area contributed by atoms with Crippen molar-refractivity contribution in [2.75, 3.05) is 6.61 Å². The Kier molecular flexibility index (Phi) is 5.70. The SMILES string of the molecule is CC(C)COC(=O)CCC(N)c1ccccc1. The highest BCUT2D eigenvalue weighted by molar-refractivity contribution is 5.69. The highest BCUT2D eigenvalue weighted by Crippen LogP contribution is 2.15. The Hall–Kier alpha value is -1.35. The monoisotopic (exact) mass is 235 g/mol. The minimum atomic E-state index is -0.162. The lowest BCUT2D eigenvalue weighted by Gasteiger charge is -2.12. The van der Waals surface area contributed by atoms with E-state index in [9.17, 15) is 4.79 Å². The first-order valence-corrected chi connectivity index (χ1v) is 6.05. The maximum Gasteiger partial charge on any atom is 0.305 e. The summed E-state index contributed by atoms with van der Waals surface area (Å²) < 4.78 is 5.10. The molecule has 0 aliphatic rings. The molecule has 0 aliphatic carbocycles. The molecule has 0 aliphatic heterocycles. The predicted octanol–water partition coefficient (Wildman–Crippen LogP) is 2.67. The Balaban J connectivity index is 2.29. The molecule has 0 bridgehead atoms. The van der Waals surface area contributed by atoms with Crippen molar-refractivity contribution in [3.8, 4) is 0 Å². The van der Waals surface area contributed by atoms with Gasteiger partial charge >= 0.3 is 5.97 Å². The summed E-state index contributed by atoms with van der Waals surface area (Å²) in [5.41, 5.74) is 7.05. The van der Waals surface area contributed by atoms with Gasteiger partial charge in [-0.2, -0.15) is 0 Å². The Morgan fingerprint density at radius 3 is 2.53 bits per heavy atom. The number of benzene rings is 1. The summed E-state index contributed by atoms with van der Waals surface area (Å²) in [4.78, 5) is 11.4. The van der Waals surface area contributed by atoms with E-state index in [1.165, 1.54) is 0 Å². The zero-order valence-corrected chi connectivity index (χ0v) is 10.6. The third-order valence-electron chi connectivity index (χ3n) is 2.46. The molecule has 1 unspecified atom stereocenters. The van der Waals surface area contributed by atoms with Crippen LogP contribution in [-0.4, -0.2) is 12.6 Å². The second-order valence-electron chi connectivity index (χ2n) is 4.63. The average molecular weight is 235 g/mol. The van der Waals surface area contributed by atoms with E-state index in [0.29, 0.717) is 25.4 Å². The van der Waals surface area contributed by atoms with Crippen LogP contribution in [0.5, 0.6) is 0 Å². The van der Waals surface area contributed by atoms with Crippen LogP contribution in [0.15, 0.2) is 30.3 Å². The molecule has 0 aromatic heterocycles. The van der Waals surface area contributed by atoms with E-state index in [0.717, 1.165) is 5.56 Å². The molecule has 17 heavy (non-hydrogen) atoms. The van der Waals surface area contributed by atoms with Gasteiger partial charge in [0.15, 0.2) is 0 Å². The van der Waals surface area contributed by atoms with E-state index in [2.05, 4.69) is 0 Å². The van der Waals surface area contributed by atoms with Crippen LogP contribution in [0.25, 0.3) is 0 Å². The Bertz CT molecular complexity index is 335. The summed E-state index contributed by atoms with van der Waals surface area (Å²) in [6.07, 6.45) is 1.00. The summed E-state index contributed by atoms with van der Waals surface area (Å²) in [7, 11) is 0. The van der Waals surface area contributed by atoms with Crippen molar-refractivity contribution >= 4 is 5.97 Å². The second-order valence-corrected chi connectivity index (χ2v) is 4.63. The fraction of sp³-hybridized carbons (Fsp3) is 0.500. The molecule has 2 N–H and O–H groups in total. The molecule has 0 radical (unpaired) electrons. The predicted molar refractivity (Wildman–Crippen MR) is 68.4 cm³/mol. The topological polar surface area (TPSA) is 52.3 Å². The molecule has 1 aromatic rings. The largest absolute Gasteiger partial charge is 0.465 e. The van der Waals surface area contributed by atoms with Crippen molar-refractivity contribution in [2.45, 2.75) is 32.7 Å². The fourth-order valence-corrected chi connectivity index (χ4v) is 1.47. The maximum absolute atomic E-state index is 11.4. The van der Waals surface area contributed by atoms with Gasteiger partial charge in [0, 0.05) is 12.5 Å². The Morgan fingerprint density at radius 1 is 1.29 bits per heavy atom. The molecule has 0 saturated carbocycles. The first kappa shape index (κ1) is 13.7. The van der Waals surface area contributed by atoms with E-state index in [4.69, 9.17) is 10.5 Å². The van der Waals surface area contributed by atoms with Gasteiger partial charge in [0.25, 0.3) is 0 Å². The van der Waals surface area contributed by atoms with Crippen LogP contribution in [0.2, 0.25) is 0 Å². The van der Waals surface area contributed by atoms with Gasteiger partial charge in [-0.1, -0.05) is 44.2 Å². The van der Waals surface area contributed by atoms with Crippen LogP contribution in [0, 0.1) is 5.92 Å². The summed E-state index contributed by atoms with van der Waals surface area (Å²) in [6, 6.07) is 9.71. The summed E-state index contributed by atoms with van der Waals surface area (Å²) in [6.45, 7) is 4.52. The van der Waals surface area contributed by atoms with Gasteiger partial charge < -0.3 is 10.5 Å². The molecule has 1 atom stereocenters. The number of carbonyl (C=O) groups is 1. The van der Waals surface area contributed by atoms with E-state index in [1.807, 2.05) is 44.2 Å². The fourth-order valence-electron chi connectivity index (χ4n) is 1.47. The van der Waals surface area contributed by atoms with Gasteiger partial charge in [0.2, 0.25) is 0 Å². The molecular weight excluding hydrogens is 214 g/mol. The van der Waals surface area contributed by atoms with Crippen LogP contribution < -0.4 is 5.73 Å². The number of hydrogen-bond acceptors (Lipinski definition) is 3. The molecule has 0 heterocycles. The highest BCUT2D eigenvalue weighted by atomic mass is 16.5. The lowest BCUT2D eigenvalue weighted by atomic mass is 10.0. The van der Waals surface area contributed by atoms with E-state index in [-0.39, 0.29) is 12.0 Å². The summed E-state index contributed by atoms with van der Waals surface area (Å²) in [5.74, 6) is 0.215. The van der Waals surface area contributed by atoms with Crippen molar-refractivity contribution < 1.29 is 9.53 Å². The molecule has 0 spiro atoms. The first-order chi connectivity index (χ1) is 8.09. The van der Waals surface area contributed by atoms with Crippen LogP contribution in [0.4, 0.5) is 0 Å². The normalized spacial score (nSPS) is 12.5. The van der Waals surface area contributed by atoms with Gasteiger partial charge in [-0.05, 0) is 17.9 Å². The highest BCUT2D eigenvalue weighted by Gasteiger charge is 2.10. The number of esters is 1. The van der Waals surface area contributed by atoms with Crippen LogP contribution >= 0.6 is 0 Å². The van der Waals surface area contributed by atoms with Crippen molar-refractivity contribution in [1.29, 1.82) is 0 Å². The van der Waals surface area contributed by atoms with Crippen molar-refractivity contribution in [3.63, 3.8) is 0 Å². The molecule has 1 aromatic carbocycles. The second kappa shape index (κ2) is 7.07. The number of ether oxygens (including phenoxy) is 1. The standard InChI is InChI=1S/C14H21NO2/c1-11(2)10-17-14(16)9-8-13(15)12-6-4-3-5-7-12/h3-7,11,13H,8-10,15H2,1-2H3. The lowest BCUT2D eigenvalue weighted by Crippen LogP contribution is -2.15. The average Bonchev–Trinajstić information content (AvgIpc) is 2.34. The van der Waals surface area contributed by atoms with Gasteiger partial charge in [0.05, 0.1) is 6.61 Å². The minimum Gasteiger partial charge on any atom is -0.465 e. The van der Waals surface area contributed by atoms with E-state index in [1.54, 1.807) is 0 Å². The van der Waals surface area contributed by atoms with Crippen LogP contribution in [-0.2, 0) is 9.53 Å². The zero-order valence-electron chi connectivity index (χ0n) is 10.6. The van der Waals surface area contributed by atoms with E-state index >= 15 is 0 Å². The number of hydrogen-bond donors (Lipinski definition) is 1. The smallest absolute Gasteiger partial charge is 0.305 e. The van der Waals surface area contributed by atoms with Crippen LogP contribution in [0.1, 0.15) is 38.3 Å². The quantitative estimate of drug-likeness (QED) is 0.771. The molecule has 0 saturated heterocycles. The molecule has 94 valence electrons. The van der Waals surface area contributed by atoms with E-state index < -0.39 is 0 Å². The first-order valence-electron chi connectivity index (χ1n) is 6.05. The Morgan fingerprint density at radius 2 is 1.94 bits per heavy atom. The molecule has 3 nitrogen and oxygen atoms in total. The van der Waals surface area contributed by atoms with Crippen molar-refractivity contribution in [2.24, 2.45) is 11.7 Å². The molecular formula is C14H21NO2. The number of nitrogens with two attached hydrogens (primary N) is 1. The van der Waals surface area contributed by atoms with Gasteiger partial charge in [-0.3, -0.25) is 4.79 Å². The third-order valence-corrected chi connectivity index (χ3v) is 2.46. The Labute approximate surface area is 103 Å².